The van der Waals surface area contributed by atoms with E-state index in [2.05, 4.69) is 25.0 Å². The van der Waals surface area contributed by atoms with Crippen LogP contribution in [0, 0.1) is 5.92 Å². The molecule has 1 aliphatic carbocycles. The molecule has 4 rings (SSSR count). The number of rotatable bonds is 5. The van der Waals surface area contributed by atoms with Crippen molar-refractivity contribution in [2.24, 2.45) is 5.92 Å². The lowest BCUT2D eigenvalue weighted by molar-refractivity contribution is 0.0686. The predicted molar refractivity (Wildman–Crippen MR) is 113 cm³/mol. The van der Waals surface area contributed by atoms with Crippen molar-refractivity contribution in [3.63, 3.8) is 0 Å². The van der Waals surface area contributed by atoms with Gasteiger partial charge in [0.1, 0.15) is 5.82 Å². The second kappa shape index (κ2) is 8.92. The fraction of sp³-hybridized carbons (Fsp3) is 0.696. The number of hydrogen-bond donors (Lipinski definition) is 1. The molecule has 29 heavy (non-hydrogen) atoms. The lowest BCUT2D eigenvalue weighted by Crippen LogP contribution is -2.30. The van der Waals surface area contributed by atoms with E-state index in [1.54, 1.807) is 6.20 Å². The normalized spacial score (nSPS) is 24.7. The summed E-state index contributed by atoms with van der Waals surface area (Å²) in [6.45, 7) is 5.78. The minimum atomic E-state index is -0.200. The molecule has 3 heterocycles. The Kier molecular flexibility index (Phi) is 6.30. The number of aliphatic hydroxyl groups excluding tert-OH is 1. The summed E-state index contributed by atoms with van der Waals surface area (Å²) in [5.74, 6) is 1.68. The van der Waals surface area contributed by atoms with Crippen molar-refractivity contribution in [3.8, 4) is 0 Å². The van der Waals surface area contributed by atoms with Crippen molar-refractivity contribution in [1.82, 2.24) is 14.5 Å². The topological polar surface area (TPSA) is 77.2 Å². The third-order valence-corrected chi connectivity index (χ3v) is 6.80. The molecule has 1 saturated heterocycles. The van der Waals surface area contributed by atoms with Crippen molar-refractivity contribution < 1.29 is 9.84 Å². The molecule has 2 aromatic heterocycles. The van der Waals surface area contributed by atoms with E-state index in [1.807, 2.05) is 4.57 Å². The molecule has 0 bridgehead atoms. The highest BCUT2D eigenvalue weighted by atomic mass is 16.5. The van der Waals surface area contributed by atoms with Gasteiger partial charge in [-0.1, -0.05) is 20.3 Å². The van der Waals surface area contributed by atoms with Gasteiger partial charge in [0.2, 0.25) is 0 Å². The molecule has 6 nitrogen and oxygen atoms in total. The number of aliphatic hydroxyl groups is 1. The van der Waals surface area contributed by atoms with E-state index < -0.39 is 0 Å². The first kappa shape index (κ1) is 20.5. The minimum absolute atomic E-state index is 0.0154. The Hall–Kier alpha value is -1.79. The Morgan fingerprint density at radius 3 is 2.62 bits per heavy atom. The van der Waals surface area contributed by atoms with Gasteiger partial charge < -0.3 is 14.4 Å². The van der Waals surface area contributed by atoms with Crippen LogP contribution in [0.5, 0.6) is 0 Å². The van der Waals surface area contributed by atoms with Crippen LogP contribution in [-0.2, 0) is 11.2 Å². The summed E-state index contributed by atoms with van der Waals surface area (Å²) in [5, 5.41) is 10.6. The Bertz CT molecular complexity index is 896. The van der Waals surface area contributed by atoms with Crippen molar-refractivity contribution in [3.05, 3.63) is 34.1 Å². The highest BCUT2D eigenvalue weighted by Crippen LogP contribution is 2.36. The van der Waals surface area contributed by atoms with Gasteiger partial charge in [-0.2, -0.15) is 0 Å². The van der Waals surface area contributed by atoms with E-state index >= 15 is 0 Å². The van der Waals surface area contributed by atoms with E-state index in [-0.39, 0.29) is 17.7 Å². The van der Waals surface area contributed by atoms with Crippen molar-refractivity contribution >= 4 is 10.9 Å². The monoisotopic (exact) mass is 399 g/mol. The van der Waals surface area contributed by atoms with Crippen LogP contribution in [0.1, 0.15) is 82.1 Å². The summed E-state index contributed by atoms with van der Waals surface area (Å²) in [4.78, 5) is 22.8. The van der Waals surface area contributed by atoms with E-state index in [0.29, 0.717) is 30.4 Å². The highest BCUT2D eigenvalue weighted by molar-refractivity contribution is 5.80. The molecule has 1 aliphatic heterocycles. The van der Waals surface area contributed by atoms with Gasteiger partial charge in [0.25, 0.3) is 5.56 Å². The van der Waals surface area contributed by atoms with Crippen LogP contribution in [-0.4, -0.2) is 39.0 Å². The molecule has 1 N–H and O–H groups in total. The maximum atomic E-state index is 13.3. The standard InChI is InChI=1S/C23H33N3O3/c1-3-15(2)12-21-24-13-19-22(25-21)20(16-4-6-18(27)7-5-16)14-26(23(19)28)17-8-10-29-11-9-17/h13-18,27H,3-12H2,1-2H3/t15-,16?,18?/m0/s1. The molecule has 0 amide bonds. The van der Waals surface area contributed by atoms with Crippen LogP contribution in [0.2, 0.25) is 0 Å². The van der Waals surface area contributed by atoms with Crippen LogP contribution >= 0.6 is 0 Å². The van der Waals surface area contributed by atoms with Gasteiger partial charge in [-0.25, -0.2) is 9.97 Å². The number of ether oxygens (including phenoxy) is 1. The molecule has 0 radical (unpaired) electrons. The van der Waals surface area contributed by atoms with Crippen LogP contribution < -0.4 is 5.56 Å². The Morgan fingerprint density at radius 1 is 1.21 bits per heavy atom. The lowest BCUT2D eigenvalue weighted by atomic mass is 9.82. The van der Waals surface area contributed by atoms with Crippen molar-refractivity contribution in [2.45, 2.75) is 83.3 Å². The smallest absolute Gasteiger partial charge is 0.261 e. The van der Waals surface area contributed by atoms with Crippen LogP contribution in [0.4, 0.5) is 0 Å². The minimum Gasteiger partial charge on any atom is -0.393 e. The average molecular weight is 400 g/mol. The molecule has 1 atom stereocenters. The largest absolute Gasteiger partial charge is 0.393 e. The van der Waals surface area contributed by atoms with Gasteiger partial charge in [0, 0.05) is 38.1 Å². The summed E-state index contributed by atoms with van der Waals surface area (Å²) < 4.78 is 7.42. The molecular weight excluding hydrogens is 366 g/mol. The zero-order chi connectivity index (χ0) is 20.4. The molecule has 1 saturated carbocycles. The maximum absolute atomic E-state index is 13.3. The van der Waals surface area contributed by atoms with Crippen molar-refractivity contribution in [1.29, 1.82) is 0 Å². The fourth-order valence-corrected chi connectivity index (χ4v) is 4.68. The number of nitrogens with zero attached hydrogens (tertiary/aromatic N) is 3. The first-order valence-corrected chi connectivity index (χ1v) is 11.2. The Morgan fingerprint density at radius 2 is 1.93 bits per heavy atom. The maximum Gasteiger partial charge on any atom is 0.261 e. The summed E-state index contributed by atoms with van der Waals surface area (Å²) >= 11 is 0. The van der Waals surface area contributed by atoms with E-state index in [0.717, 1.165) is 68.3 Å². The molecule has 0 aromatic carbocycles. The summed E-state index contributed by atoms with van der Waals surface area (Å²) in [5.41, 5.74) is 2.00. The Balaban J connectivity index is 1.81. The first-order chi connectivity index (χ1) is 14.1. The second-order valence-electron chi connectivity index (χ2n) is 8.91. The van der Waals surface area contributed by atoms with Gasteiger partial charge >= 0.3 is 0 Å². The Labute approximate surface area is 172 Å². The number of hydrogen-bond acceptors (Lipinski definition) is 5. The number of aromatic nitrogens is 3. The van der Waals surface area contributed by atoms with Crippen molar-refractivity contribution in [2.75, 3.05) is 13.2 Å². The zero-order valence-corrected chi connectivity index (χ0v) is 17.6. The molecule has 2 fully saturated rings. The quantitative estimate of drug-likeness (QED) is 0.828. The van der Waals surface area contributed by atoms with Gasteiger partial charge in [0.15, 0.2) is 0 Å². The molecule has 158 valence electrons. The van der Waals surface area contributed by atoms with E-state index in [9.17, 15) is 9.90 Å². The summed E-state index contributed by atoms with van der Waals surface area (Å²) in [7, 11) is 0. The third-order valence-electron chi connectivity index (χ3n) is 6.80. The van der Waals surface area contributed by atoms with Crippen LogP contribution in [0.25, 0.3) is 10.9 Å². The summed E-state index contributed by atoms with van der Waals surface area (Å²) in [6.07, 6.45) is 10.8. The SMILES string of the molecule is CC[C@H](C)Cc1ncc2c(=O)n(C3CCOCC3)cc(C3CCC(O)CC3)c2n1. The molecule has 2 aliphatic rings. The average Bonchev–Trinajstić information content (AvgIpc) is 2.75. The van der Waals surface area contributed by atoms with E-state index in [1.165, 1.54) is 0 Å². The molecular formula is C23H33N3O3. The highest BCUT2D eigenvalue weighted by Gasteiger charge is 2.27. The second-order valence-corrected chi connectivity index (χ2v) is 8.91. The molecule has 0 spiro atoms. The van der Waals surface area contributed by atoms with Crippen LogP contribution in [0.3, 0.4) is 0 Å². The fourth-order valence-electron chi connectivity index (χ4n) is 4.68. The van der Waals surface area contributed by atoms with Gasteiger partial charge in [-0.3, -0.25) is 4.79 Å². The van der Waals surface area contributed by atoms with E-state index in [4.69, 9.17) is 9.72 Å². The number of pyridine rings is 1. The first-order valence-electron chi connectivity index (χ1n) is 11.2. The van der Waals surface area contributed by atoms with Crippen LogP contribution in [0.15, 0.2) is 17.2 Å². The summed E-state index contributed by atoms with van der Waals surface area (Å²) in [6, 6.07) is 0.174. The zero-order valence-electron chi connectivity index (χ0n) is 17.6. The predicted octanol–water partition coefficient (Wildman–Crippen LogP) is 3.75. The van der Waals surface area contributed by atoms with Gasteiger partial charge in [0.05, 0.1) is 17.0 Å². The van der Waals surface area contributed by atoms with Gasteiger partial charge in [-0.05, 0) is 55.9 Å². The lowest BCUT2D eigenvalue weighted by Gasteiger charge is -2.29. The number of fused-ring (bicyclic) bond motifs is 1. The molecule has 6 heteroatoms. The van der Waals surface area contributed by atoms with Gasteiger partial charge in [-0.15, -0.1) is 0 Å². The molecule has 0 unspecified atom stereocenters. The third kappa shape index (κ3) is 4.38. The molecule has 2 aromatic rings.